The molecule has 0 atom stereocenters. The Morgan fingerprint density at radius 1 is 1.05 bits per heavy atom. The van der Waals surface area contributed by atoms with Gasteiger partial charge in [-0.3, -0.25) is 4.40 Å². The van der Waals surface area contributed by atoms with Crippen LogP contribution in [-0.2, 0) is 0 Å². The average Bonchev–Trinajstić information content (AvgIpc) is 3.34. The van der Waals surface area contributed by atoms with E-state index in [2.05, 4.69) is 35.9 Å². The van der Waals surface area contributed by atoms with Crippen molar-refractivity contribution in [3.8, 4) is 11.6 Å². The van der Waals surface area contributed by atoms with Crippen molar-refractivity contribution in [3.05, 3.63) is 73.1 Å². The van der Waals surface area contributed by atoms with Crippen molar-refractivity contribution in [1.82, 2.24) is 29.7 Å². The van der Waals surface area contributed by atoms with Gasteiger partial charge >= 0.3 is 0 Å². The largest absolute Gasteiger partial charge is 0.439 e. The van der Waals surface area contributed by atoms with Crippen LogP contribution >= 0.6 is 12.2 Å². The standard InChI is InChI=1S/C26H26N8O2S/c1-16-10-17(5-7-21(16)36-23-12-22-27-8-9-34(22)15-30-23)31-24-19-11-18(4-6-20(19)28-14-29-24)32-25(37)33-26(2,3)13-35/h4-12,14-15,35H,13H2,1-3H3,(H,28,29,31)(H2,32,33,37). The molecule has 0 amide bonds. The molecule has 0 saturated carbocycles. The Balaban J connectivity index is 1.34. The summed E-state index contributed by atoms with van der Waals surface area (Å²) in [5.74, 6) is 1.82. The Bertz CT molecular complexity index is 1600. The zero-order valence-electron chi connectivity index (χ0n) is 20.6. The Labute approximate surface area is 218 Å². The number of nitrogens with one attached hydrogen (secondary N) is 3. The SMILES string of the molecule is Cc1cc(Nc2ncnc3ccc(NC(=S)NC(C)(C)CO)cc23)ccc1Oc1cc2nccn2cn1. The lowest BCUT2D eigenvalue weighted by atomic mass is 10.1. The number of nitrogens with zero attached hydrogens (tertiary/aromatic N) is 5. The van der Waals surface area contributed by atoms with E-state index < -0.39 is 5.54 Å². The predicted molar refractivity (Wildman–Crippen MR) is 148 cm³/mol. The molecule has 0 aliphatic rings. The summed E-state index contributed by atoms with van der Waals surface area (Å²) < 4.78 is 7.82. The number of anilines is 3. The highest BCUT2D eigenvalue weighted by Crippen LogP contribution is 2.30. The van der Waals surface area contributed by atoms with Crippen molar-refractivity contribution >= 4 is 51.1 Å². The van der Waals surface area contributed by atoms with E-state index in [0.717, 1.165) is 33.5 Å². The molecule has 37 heavy (non-hydrogen) atoms. The third-order valence-corrected chi connectivity index (χ3v) is 5.86. The predicted octanol–water partition coefficient (Wildman–Crippen LogP) is 4.57. The van der Waals surface area contributed by atoms with Gasteiger partial charge < -0.3 is 25.8 Å². The van der Waals surface area contributed by atoms with E-state index in [-0.39, 0.29) is 6.61 Å². The molecular weight excluding hydrogens is 488 g/mol. The molecule has 10 nitrogen and oxygen atoms in total. The van der Waals surface area contributed by atoms with Crippen LogP contribution in [0.4, 0.5) is 17.2 Å². The van der Waals surface area contributed by atoms with Crippen LogP contribution in [0.15, 0.2) is 67.5 Å². The van der Waals surface area contributed by atoms with Crippen molar-refractivity contribution in [2.75, 3.05) is 17.2 Å². The van der Waals surface area contributed by atoms with Gasteiger partial charge in [0.15, 0.2) is 5.11 Å². The van der Waals surface area contributed by atoms with Gasteiger partial charge in [0.2, 0.25) is 5.88 Å². The minimum Gasteiger partial charge on any atom is -0.439 e. The number of aliphatic hydroxyl groups excluding tert-OH is 1. The van der Waals surface area contributed by atoms with Crippen LogP contribution in [-0.4, -0.2) is 46.7 Å². The highest BCUT2D eigenvalue weighted by molar-refractivity contribution is 7.80. The molecule has 4 N–H and O–H groups in total. The number of imidazole rings is 1. The van der Waals surface area contributed by atoms with Crippen molar-refractivity contribution in [2.45, 2.75) is 26.3 Å². The van der Waals surface area contributed by atoms with Crippen molar-refractivity contribution in [1.29, 1.82) is 0 Å². The maximum atomic E-state index is 9.48. The summed E-state index contributed by atoms with van der Waals surface area (Å²) in [6.07, 6.45) is 6.74. The summed E-state index contributed by atoms with van der Waals surface area (Å²) >= 11 is 5.40. The third kappa shape index (κ3) is 5.57. The fourth-order valence-electron chi connectivity index (χ4n) is 3.69. The molecular formula is C26H26N8O2S. The van der Waals surface area contributed by atoms with Gasteiger partial charge in [-0.05, 0) is 75.0 Å². The number of aromatic nitrogens is 5. The number of fused-ring (bicyclic) bond motifs is 2. The molecule has 2 aromatic carbocycles. The van der Waals surface area contributed by atoms with Crippen LogP contribution in [0.25, 0.3) is 16.6 Å². The third-order valence-electron chi connectivity index (χ3n) is 5.65. The van der Waals surface area contributed by atoms with Crippen molar-refractivity contribution in [2.24, 2.45) is 0 Å². The number of hydrogen-bond acceptors (Lipinski definition) is 8. The van der Waals surface area contributed by atoms with Crippen LogP contribution in [0.5, 0.6) is 11.6 Å². The smallest absolute Gasteiger partial charge is 0.224 e. The summed E-state index contributed by atoms with van der Waals surface area (Å²) in [5.41, 5.74) is 3.57. The first kappa shape index (κ1) is 24.3. The molecule has 0 saturated heterocycles. The second-order valence-corrected chi connectivity index (χ2v) is 9.61. The summed E-state index contributed by atoms with van der Waals surface area (Å²) in [7, 11) is 0. The Morgan fingerprint density at radius 3 is 2.70 bits per heavy atom. The van der Waals surface area contributed by atoms with Crippen LogP contribution < -0.4 is 20.7 Å². The van der Waals surface area contributed by atoms with Crippen LogP contribution in [0, 0.1) is 6.92 Å². The van der Waals surface area contributed by atoms with Crippen molar-refractivity contribution < 1.29 is 9.84 Å². The number of aliphatic hydroxyl groups is 1. The first-order chi connectivity index (χ1) is 17.8. The maximum absolute atomic E-state index is 9.48. The highest BCUT2D eigenvalue weighted by atomic mass is 32.1. The fraction of sp³-hybridized carbons (Fsp3) is 0.192. The van der Waals surface area contributed by atoms with Gasteiger partial charge in [-0.25, -0.2) is 19.9 Å². The average molecular weight is 515 g/mol. The van der Waals surface area contributed by atoms with E-state index in [1.807, 2.05) is 67.8 Å². The van der Waals surface area contributed by atoms with E-state index in [4.69, 9.17) is 17.0 Å². The minimum absolute atomic E-state index is 0.0477. The molecule has 11 heteroatoms. The number of thiocarbonyl (C=S) groups is 1. The lowest BCUT2D eigenvalue weighted by Gasteiger charge is -2.25. The second kappa shape index (κ2) is 9.96. The molecule has 0 spiro atoms. The van der Waals surface area contributed by atoms with Crippen LogP contribution in [0.1, 0.15) is 19.4 Å². The molecule has 0 fully saturated rings. The van der Waals surface area contributed by atoms with E-state index in [0.29, 0.717) is 22.6 Å². The van der Waals surface area contributed by atoms with Crippen LogP contribution in [0.3, 0.4) is 0 Å². The lowest BCUT2D eigenvalue weighted by molar-refractivity contribution is 0.207. The van der Waals surface area contributed by atoms with E-state index >= 15 is 0 Å². The monoisotopic (exact) mass is 514 g/mol. The molecule has 188 valence electrons. The number of benzene rings is 2. The quantitative estimate of drug-likeness (QED) is 0.230. The number of ether oxygens (including phenoxy) is 1. The van der Waals surface area contributed by atoms with Gasteiger partial charge in [0, 0.05) is 35.2 Å². The van der Waals surface area contributed by atoms with Gasteiger partial charge in [-0.1, -0.05) is 0 Å². The van der Waals surface area contributed by atoms with Gasteiger partial charge in [0.25, 0.3) is 0 Å². The molecule has 0 unspecified atom stereocenters. The first-order valence-electron chi connectivity index (χ1n) is 11.6. The molecule has 0 bridgehead atoms. The normalized spacial score (nSPS) is 11.5. The summed E-state index contributed by atoms with van der Waals surface area (Å²) in [6, 6.07) is 13.3. The molecule has 0 aliphatic heterocycles. The van der Waals surface area contributed by atoms with E-state index in [1.54, 1.807) is 18.6 Å². The van der Waals surface area contributed by atoms with Gasteiger partial charge in [0.1, 0.15) is 29.9 Å². The zero-order valence-corrected chi connectivity index (χ0v) is 21.4. The van der Waals surface area contributed by atoms with Crippen LogP contribution in [0.2, 0.25) is 0 Å². The Morgan fingerprint density at radius 2 is 1.89 bits per heavy atom. The number of hydrogen-bond donors (Lipinski definition) is 4. The number of rotatable bonds is 7. The zero-order chi connectivity index (χ0) is 26.0. The van der Waals surface area contributed by atoms with E-state index in [9.17, 15) is 5.11 Å². The summed E-state index contributed by atoms with van der Waals surface area (Å²) in [4.78, 5) is 17.4. The maximum Gasteiger partial charge on any atom is 0.224 e. The molecule has 3 heterocycles. The first-order valence-corrected chi connectivity index (χ1v) is 12.0. The van der Waals surface area contributed by atoms with Gasteiger partial charge in [0.05, 0.1) is 17.7 Å². The van der Waals surface area contributed by atoms with E-state index in [1.165, 1.54) is 6.33 Å². The minimum atomic E-state index is -0.535. The van der Waals surface area contributed by atoms with Gasteiger partial charge in [-0.15, -0.1) is 0 Å². The highest BCUT2D eigenvalue weighted by Gasteiger charge is 2.17. The lowest BCUT2D eigenvalue weighted by Crippen LogP contribution is -2.47. The molecule has 5 rings (SSSR count). The summed E-state index contributed by atoms with van der Waals surface area (Å²) in [6.45, 7) is 5.65. The molecule has 0 radical (unpaired) electrons. The van der Waals surface area contributed by atoms with Gasteiger partial charge in [-0.2, -0.15) is 0 Å². The molecule has 5 aromatic rings. The van der Waals surface area contributed by atoms with Crippen molar-refractivity contribution in [3.63, 3.8) is 0 Å². The Kier molecular flexibility index (Phi) is 6.55. The second-order valence-electron chi connectivity index (χ2n) is 9.20. The molecule has 0 aliphatic carbocycles. The fourth-order valence-corrected chi connectivity index (χ4v) is 4.09. The summed E-state index contributed by atoms with van der Waals surface area (Å²) in [5, 5.41) is 20.4. The molecule has 3 aromatic heterocycles. The number of aryl methyl sites for hydroxylation is 1. The Hall–Kier alpha value is -4.35. The topological polar surface area (TPSA) is 122 Å².